The van der Waals surface area contributed by atoms with Crippen LogP contribution in [-0.2, 0) is 0 Å². The van der Waals surface area contributed by atoms with Crippen LogP contribution < -0.4 is 10.2 Å². The van der Waals surface area contributed by atoms with Crippen molar-refractivity contribution in [1.29, 1.82) is 0 Å². The van der Waals surface area contributed by atoms with Crippen LogP contribution in [0.3, 0.4) is 0 Å². The van der Waals surface area contributed by atoms with Gasteiger partial charge in [-0.3, -0.25) is 10.1 Å². The second-order valence-corrected chi connectivity index (χ2v) is 11.4. The summed E-state index contributed by atoms with van der Waals surface area (Å²) in [5, 5.41) is 18.9. The minimum atomic E-state index is -0.962. The van der Waals surface area contributed by atoms with E-state index in [9.17, 15) is 14.8 Å². The standard InChI is InChI=1S/C34H40N4O3/c1-4-5-6-7-8-13-24-36-33(40)37(30-23-15-19-26-17-10-12-21-28(26)30)31(34(36,2)3)38(41)32(39)35-29-22-14-18-25-16-9-11-20-27(25)29/h9-12,14-23,31,41H,4-8,13,24H2,1-3H3,(H,35,39). The molecule has 1 saturated heterocycles. The number of benzene rings is 4. The molecule has 4 aromatic rings. The quantitative estimate of drug-likeness (QED) is 0.117. The van der Waals surface area contributed by atoms with Crippen LogP contribution in [0.15, 0.2) is 84.9 Å². The van der Waals surface area contributed by atoms with E-state index in [0.29, 0.717) is 23.0 Å². The largest absolute Gasteiger partial charge is 0.347 e. The molecule has 1 aliphatic rings. The monoisotopic (exact) mass is 552 g/mol. The summed E-state index contributed by atoms with van der Waals surface area (Å²) in [6.45, 7) is 6.59. The number of hydroxylamine groups is 2. The number of anilines is 2. The third-order valence-electron chi connectivity index (χ3n) is 8.24. The molecule has 4 aromatic carbocycles. The fourth-order valence-corrected chi connectivity index (χ4v) is 6.05. The summed E-state index contributed by atoms with van der Waals surface area (Å²) in [7, 11) is 0. The van der Waals surface area contributed by atoms with Gasteiger partial charge in [0.25, 0.3) is 0 Å². The highest BCUT2D eigenvalue weighted by atomic mass is 16.5. The molecule has 1 heterocycles. The van der Waals surface area contributed by atoms with Gasteiger partial charge in [-0.25, -0.2) is 9.59 Å². The lowest BCUT2D eigenvalue weighted by molar-refractivity contribution is -0.0948. The van der Waals surface area contributed by atoms with Crippen LogP contribution in [0.4, 0.5) is 21.0 Å². The van der Waals surface area contributed by atoms with Gasteiger partial charge in [-0.15, -0.1) is 0 Å². The summed E-state index contributed by atoms with van der Waals surface area (Å²) in [6.07, 6.45) is 5.66. The van der Waals surface area contributed by atoms with Gasteiger partial charge in [0.2, 0.25) is 0 Å². The Bertz CT molecular complexity index is 1520. The predicted octanol–water partition coefficient (Wildman–Crippen LogP) is 8.62. The van der Waals surface area contributed by atoms with Crippen LogP contribution in [0, 0.1) is 0 Å². The van der Waals surface area contributed by atoms with Gasteiger partial charge >= 0.3 is 12.1 Å². The Kier molecular flexibility index (Phi) is 8.45. The van der Waals surface area contributed by atoms with Crippen molar-refractivity contribution in [3.8, 4) is 0 Å². The number of rotatable bonds is 10. The van der Waals surface area contributed by atoms with Crippen molar-refractivity contribution in [3.05, 3.63) is 84.9 Å². The highest BCUT2D eigenvalue weighted by molar-refractivity contribution is 6.06. The summed E-state index contributed by atoms with van der Waals surface area (Å²) < 4.78 is 0. The summed E-state index contributed by atoms with van der Waals surface area (Å²) in [4.78, 5) is 31.2. The van der Waals surface area contributed by atoms with E-state index in [0.717, 1.165) is 40.8 Å². The average Bonchev–Trinajstić information content (AvgIpc) is 3.18. The Labute approximate surface area is 242 Å². The van der Waals surface area contributed by atoms with Crippen LogP contribution in [0.1, 0.15) is 59.3 Å². The number of hydrogen-bond donors (Lipinski definition) is 2. The third kappa shape index (κ3) is 5.59. The molecule has 0 aromatic heterocycles. The minimum Gasteiger partial charge on any atom is -0.315 e. The van der Waals surface area contributed by atoms with E-state index in [-0.39, 0.29) is 6.03 Å². The van der Waals surface area contributed by atoms with Gasteiger partial charge < -0.3 is 10.2 Å². The lowest BCUT2D eigenvalue weighted by Gasteiger charge is -2.38. The zero-order valence-electron chi connectivity index (χ0n) is 24.2. The molecular formula is C34H40N4O3. The van der Waals surface area contributed by atoms with E-state index in [4.69, 9.17) is 0 Å². The van der Waals surface area contributed by atoms with E-state index < -0.39 is 17.7 Å². The van der Waals surface area contributed by atoms with E-state index in [1.807, 2.05) is 104 Å². The van der Waals surface area contributed by atoms with Gasteiger partial charge in [0.05, 0.1) is 16.9 Å². The van der Waals surface area contributed by atoms with Crippen LogP contribution >= 0.6 is 0 Å². The van der Waals surface area contributed by atoms with Crippen LogP contribution in [0.2, 0.25) is 0 Å². The molecule has 7 nitrogen and oxygen atoms in total. The van der Waals surface area contributed by atoms with Gasteiger partial charge in [0.1, 0.15) is 0 Å². The molecule has 0 bridgehead atoms. The van der Waals surface area contributed by atoms with E-state index in [2.05, 4.69) is 12.2 Å². The number of carbonyl (C=O) groups is 2. The zero-order chi connectivity index (χ0) is 29.0. The Morgan fingerprint density at radius 1 is 0.829 bits per heavy atom. The van der Waals surface area contributed by atoms with Crippen molar-refractivity contribution in [3.63, 3.8) is 0 Å². The number of carbonyl (C=O) groups excluding carboxylic acids is 2. The normalized spacial score (nSPS) is 16.5. The number of fused-ring (bicyclic) bond motifs is 2. The highest BCUT2D eigenvalue weighted by Crippen LogP contribution is 2.41. The molecule has 5 rings (SSSR count). The first-order valence-electron chi connectivity index (χ1n) is 14.7. The summed E-state index contributed by atoms with van der Waals surface area (Å²) in [5.41, 5.74) is 0.381. The predicted molar refractivity (Wildman–Crippen MR) is 166 cm³/mol. The van der Waals surface area contributed by atoms with Crippen molar-refractivity contribution in [2.24, 2.45) is 0 Å². The number of hydrogen-bond acceptors (Lipinski definition) is 3. The smallest absolute Gasteiger partial charge is 0.315 e. The highest BCUT2D eigenvalue weighted by Gasteiger charge is 2.56. The SMILES string of the molecule is CCCCCCCCN1C(=O)N(c2cccc3ccccc23)C(N(O)C(=O)Nc2cccc3ccccc23)C1(C)C. The van der Waals surface area contributed by atoms with E-state index in [1.54, 1.807) is 4.90 Å². The van der Waals surface area contributed by atoms with Gasteiger partial charge in [0.15, 0.2) is 6.17 Å². The maximum atomic E-state index is 14.2. The number of amides is 4. The Morgan fingerprint density at radius 3 is 2.15 bits per heavy atom. The molecule has 1 atom stereocenters. The van der Waals surface area contributed by atoms with Crippen molar-refractivity contribution >= 4 is 45.0 Å². The minimum absolute atomic E-state index is 0.220. The summed E-state index contributed by atoms with van der Waals surface area (Å²) in [5.74, 6) is 0. The molecule has 0 saturated carbocycles. The van der Waals surface area contributed by atoms with E-state index >= 15 is 0 Å². The van der Waals surface area contributed by atoms with Gasteiger partial charge in [-0.05, 0) is 43.2 Å². The maximum absolute atomic E-state index is 14.2. The maximum Gasteiger partial charge on any atom is 0.347 e. The van der Waals surface area contributed by atoms with Crippen LogP contribution in [-0.4, -0.2) is 45.5 Å². The second-order valence-electron chi connectivity index (χ2n) is 11.4. The first-order valence-corrected chi connectivity index (χ1v) is 14.7. The average molecular weight is 553 g/mol. The lowest BCUT2D eigenvalue weighted by atomic mass is 9.98. The number of urea groups is 2. The second kappa shape index (κ2) is 12.2. The van der Waals surface area contributed by atoms with Gasteiger partial charge in [-0.1, -0.05) is 112 Å². The molecule has 0 aliphatic carbocycles. The van der Waals surface area contributed by atoms with Gasteiger partial charge in [0, 0.05) is 17.3 Å². The van der Waals surface area contributed by atoms with Crippen LogP contribution in [0.25, 0.3) is 21.5 Å². The van der Waals surface area contributed by atoms with E-state index in [1.165, 1.54) is 19.3 Å². The zero-order valence-corrected chi connectivity index (χ0v) is 24.2. The molecule has 7 heteroatoms. The number of nitrogens with zero attached hydrogens (tertiary/aromatic N) is 3. The summed E-state index contributed by atoms with van der Waals surface area (Å²) >= 11 is 0. The number of nitrogens with one attached hydrogen (secondary N) is 1. The molecular weight excluding hydrogens is 512 g/mol. The summed E-state index contributed by atoms with van der Waals surface area (Å²) in [6, 6.07) is 26.1. The Morgan fingerprint density at radius 2 is 1.41 bits per heavy atom. The van der Waals surface area contributed by atoms with Crippen molar-refractivity contribution in [2.45, 2.75) is 71.0 Å². The van der Waals surface area contributed by atoms with Crippen molar-refractivity contribution < 1.29 is 14.8 Å². The lowest BCUT2D eigenvalue weighted by Crippen LogP contribution is -2.58. The molecule has 41 heavy (non-hydrogen) atoms. The van der Waals surface area contributed by atoms with Gasteiger partial charge in [-0.2, -0.15) is 5.06 Å². The topological polar surface area (TPSA) is 76.1 Å². The Hall–Kier alpha value is -4.10. The molecule has 1 fully saturated rings. The molecule has 1 unspecified atom stereocenters. The molecule has 2 N–H and O–H groups in total. The first kappa shape index (κ1) is 28.4. The fraction of sp³-hybridized carbons (Fsp3) is 0.353. The fourth-order valence-electron chi connectivity index (χ4n) is 6.05. The van der Waals surface area contributed by atoms with Crippen molar-refractivity contribution in [1.82, 2.24) is 9.96 Å². The molecule has 0 radical (unpaired) electrons. The van der Waals surface area contributed by atoms with Crippen molar-refractivity contribution in [2.75, 3.05) is 16.8 Å². The molecule has 1 aliphatic heterocycles. The first-order chi connectivity index (χ1) is 19.8. The molecule has 214 valence electrons. The number of unbranched alkanes of at least 4 members (excludes halogenated alkanes) is 5. The Balaban J connectivity index is 1.48. The molecule has 4 amide bonds. The molecule has 0 spiro atoms. The third-order valence-corrected chi connectivity index (χ3v) is 8.24. The van der Waals surface area contributed by atoms with Crippen LogP contribution in [0.5, 0.6) is 0 Å².